The van der Waals surface area contributed by atoms with Crippen molar-refractivity contribution < 1.29 is 9.53 Å². The highest BCUT2D eigenvalue weighted by atomic mass is 32.1. The van der Waals surface area contributed by atoms with Crippen LogP contribution in [0.1, 0.15) is 21.5 Å². The molecule has 0 fully saturated rings. The molecular formula is C20H15N3O3S. The van der Waals surface area contributed by atoms with Gasteiger partial charge in [0.2, 0.25) is 4.96 Å². The number of hydrogen-bond donors (Lipinski definition) is 0. The van der Waals surface area contributed by atoms with Gasteiger partial charge in [-0.1, -0.05) is 47.7 Å². The van der Waals surface area contributed by atoms with E-state index in [2.05, 4.69) is 14.8 Å². The van der Waals surface area contributed by atoms with E-state index in [0.29, 0.717) is 20.9 Å². The second-order valence-corrected chi connectivity index (χ2v) is 6.98. The predicted molar refractivity (Wildman–Crippen MR) is 104 cm³/mol. The summed E-state index contributed by atoms with van der Waals surface area (Å²) in [6.45, 7) is 1.99. The molecule has 0 aliphatic rings. The van der Waals surface area contributed by atoms with Crippen molar-refractivity contribution in [2.45, 2.75) is 6.92 Å². The highest BCUT2D eigenvalue weighted by Gasteiger charge is 2.13. The first kappa shape index (κ1) is 17.1. The van der Waals surface area contributed by atoms with Crippen molar-refractivity contribution in [3.05, 3.63) is 80.1 Å². The van der Waals surface area contributed by atoms with E-state index < -0.39 is 5.97 Å². The monoisotopic (exact) mass is 377 g/mol. The number of carbonyl (C=O) groups is 1. The molecule has 27 heavy (non-hydrogen) atoms. The SMILES string of the molecule is COC(=O)c1ccc(C=c2sc3nc(-c4ccccc4C)nn3c2=O)cc1. The zero-order chi connectivity index (χ0) is 19.0. The van der Waals surface area contributed by atoms with E-state index in [0.717, 1.165) is 16.7 Å². The molecule has 2 aromatic heterocycles. The maximum Gasteiger partial charge on any atom is 0.337 e. The summed E-state index contributed by atoms with van der Waals surface area (Å²) in [6.07, 6.45) is 1.76. The lowest BCUT2D eigenvalue weighted by molar-refractivity contribution is 0.0600. The number of aromatic nitrogens is 3. The van der Waals surface area contributed by atoms with Crippen LogP contribution >= 0.6 is 11.3 Å². The topological polar surface area (TPSA) is 73.6 Å². The van der Waals surface area contributed by atoms with Gasteiger partial charge in [0.05, 0.1) is 17.2 Å². The molecule has 0 saturated carbocycles. The summed E-state index contributed by atoms with van der Waals surface area (Å²) >= 11 is 1.28. The van der Waals surface area contributed by atoms with Crippen LogP contribution in [0.5, 0.6) is 0 Å². The van der Waals surface area contributed by atoms with Gasteiger partial charge in [-0.3, -0.25) is 4.79 Å². The first-order valence-electron chi connectivity index (χ1n) is 8.22. The van der Waals surface area contributed by atoms with Crippen molar-refractivity contribution in [1.82, 2.24) is 14.6 Å². The number of benzene rings is 2. The lowest BCUT2D eigenvalue weighted by atomic mass is 10.1. The lowest BCUT2D eigenvalue weighted by Crippen LogP contribution is -2.23. The van der Waals surface area contributed by atoms with Crippen LogP contribution in [0.2, 0.25) is 0 Å². The van der Waals surface area contributed by atoms with Crippen molar-refractivity contribution in [2.75, 3.05) is 7.11 Å². The van der Waals surface area contributed by atoms with Crippen LogP contribution in [0.25, 0.3) is 22.4 Å². The van der Waals surface area contributed by atoms with Gasteiger partial charge in [0.25, 0.3) is 5.56 Å². The molecule has 6 nitrogen and oxygen atoms in total. The maximum atomic E-state index is 12.6. The van der Waals surface area contributed by atoms with Gasteiger partial charge in [-0.05, 0) is 36.3 Å². The Kier molecular flexibility index (Phi) is 4.29. The number of fused-ring (bicyclic) bond motifs is 1. The molecule has 0 amide bonds. The number of methoxy groups -OCH3 is 1. The summed E-state index contributed by atoms with van der Waals surface area (Å²) in [4.78, 5) is 29.2. The molecule has 0 N–H and O–H groups in total. The summed E-state index contributed by atoms with van der Waals surface area (Å²) < 4.78 is 6.55. The minimum Gasteiger partial charge on any atom is -0.465 e. The minimum atomic E-state index is -0.395. The number of ether oxygens (including phenoxy) is 1. The fourth-order valence-corrected chi connectivity index (χ4v) is 3.66. The van der Waals surface area contributed by atoms with E-state index in [1.54, 1.807) is 30.3 Å². The Morgan fingerprint density at radius 1 is 1.15 bits per heavy atom. The Balaban J connectivity index is 1.74. The van der Waals surface area contributed by atoms with Crippen LogP contribution < -0.4 is 10.1 Å². The van der Waals surface area contributed by atoms with E-state index in [4.69, 9.17) is 0 Å². The summed E-state index contributed by atoms with van der Waals surface area (Å²) in [5.41, 5.74) is 3.03. The van der Waals surface area contributed by atoms with Gasteiger partial charge in [0.15, 0.2) is 5.82 Å². The molecule has 0 aliphatic carbocycles. The molecule has 0 unspecified atom stereocenters. The number of nitrogens with zero attached hydrogens (tertiary/aromatic N) is 3. The Bertz CT molecular complexity index is 1260. The van der Waals surface area contributed by atoms with Crippen LogP contribution in [0.4, 0.5) is 0 Å². The Morgan fingerprint density at radius 3 is 2.56 bits per heavy atom. The number of esters is 1. The lowest BCUT2D eigenvalue weighted by Gasteiger charge is -1.99. The van der Waals surface area contributed by atoms with Crippen molar-refractivity contribution in [1.29, 1.82) is 0 Å². The van der Waals surface area contributed by atoms with Gasteiger partial charge < -0.3 is 4.74 Å². The molecule has 0 bridgehead atoms. The number of rotatable bonds is 3. The normalized spacial score (nSPS) is 11.9. The van der Waals surface area contributed by atoms with Gasteiger partial charge in [-0.15, -0.1) is 5.10 Å². The van der Waals surface area contributed by atoms with E-state index in [9.17, 15) is 9.59 Å². The molecular weight excluding hydrogens is 362 g/mol. The van der Waals surface area contributed by atoms with Crippen molar-refractivity contribution >= 4 is 28.3 Å². The van der Waals surface area contributed by atoms with Crippen LogP contribution in [-0.4, -0.2) is 27.7 Å². The number of aryl methyl sites for hydroxylation is 1. The molecule has 2 aromatic carbocycles. The largest absolute Gasteiger partial charge is 0.465 e. The number of hydrogen-bond acceptors (Lipinski definition) is 6. The minimum absolute atomic E-state index is 0.209. The third-order valence-corrected chi connectivity index (χ3v) is 5.16. The Morgan fingerprint density at radius 2 is 1.89 bits per heavy atom. The highest BCUT2D eigenvalue weighted by molar-refractivity contribution is 7.15. The van der Waals surface area contributed by atoms with Gasteiger partial charge in [-0.2, -0.15) is 9.50 Å². The number of carbonyl (C=O) groups excluding carboxylic acids is 1. The molecule has 134 valence electrons. The van der Waals surface area contributed by atoms with E-state index in [-0.39, 0.29) is 5.56 Å². The van der Waals surface area contributed by atoms with E-state index in [1.165, 1.54) is 23.0 Å². The van der Waals surface area contributed by atoms with Gasteiger partial charge in [0.1, 0.15) is 0 Å². The van der Waals surface area contributed by atoms with Crippen molar-refractivity contribution in [2.24, 2.45) is 0 Å². The third kappa shape index (κ3) is 3.13. The van der Waals surface area contributed by atoms with Crippen LogP contribution in [0.3, 0.4) is 0 Å². The molecule has 7 heteroatoms. The van der Waals surface area contributed by atoms with E-state index >= 15 is 0 Å². The molecule has 4 rings (SSSR count). The smallest absolute Gasteiger partial charge is 0.337 e. The molecule has 2 heterocycles. The summed E-state index contributed by atoms with van der Waals surface area (Å²) in [5, 5.41) is 4.38. The quantitative estimate of drug-likeness (QED) is 0.513. The molecule has 4 aromatic rings. The first-order valence-corrected chi connectivity index (χ1v) is 9.04. The zero-order valence-electron chi connectivity index (χ0n) is 14.7. The molecule has 0 atom stereocenters. The van der Waals surface area contributed by atoms with Crippen molar-refractivity contribution in [3.63, 3.8) is 0 Å². The summed E-state index contributed by atoms with van der Waals surface area (Å²) in [5.74, 6) is 0.152. The number of thiazole rings is 1. The molecule has 0 aliphatic heterocycles. The standard InChI is InChI=1S/C20H15N3O3S/c1-12-5-3-4-6-15(12)17-21-20-23(22-17)18(24)16(27-20)11-13-7-9-14(10-8-13)19(25)26-2/h3-11H,1-2H3. The van der Waals surface area contributed by atoms with Crippen LogP contribution in [0.15, 0.2) is 53.3 Å². The third-order valence-electron chi connectivity index (χ3n) is 4.20. The Hall–Kier alpha value is -3.32. The van der Waals surface area contributed by atoms with Crippen LogP contribution in [-0.2, 0) is 4.74 Å². The molecule has 0 radical (unpaired) electrons. The van der Waals surface area contributed by atoms with Gasteiger partial charge in [0, 0.05) is 5.56 Å². The maximum absolute atomic E-state index is 12.6. The fourth-order valence-electron chi connectivity index (χ4n) is 2.76. The second kappa shape index (κ2) is 6.77. The average Bonchev–Trinajstić information content (AvgIpc) is 3.22. The molecule has 0 spiro atoms. The highest BCUT2D eigenvalue weighted by Crippen LogP contribution is 2.20. The summed E-state index contributed by atoms with van der Waals surface area (Å²) in [6, 6.07) is 14.7. The zero-order valence-corrected chi connectivity index (χ0v) is 15.5. The predicted octanol–water partition coefficient (Wildman–Crippen LogP) is 2.46. The fraction of sp³-hybridized carbons (Fsp3) is 0.100. The van der Waals surface area contributed by atoms with Gasteiger partial charge in [-0.25, -0.2) is 4.79 Å². The van der Waals surface area contributed by atoms with Crippen LogP contribution in [0, 0.1) is 6.92 Å². The van der Waals surface area contributed by atoms with Gasteiger partial charge >= 0.3 is 5.97 Å². The Labute approximate surface area is 158 Å². The molecule has 0 saturated heterocycles. The average molecular weight is 377 g/mol. The van der Waals surface area contributed by atoms with E-state index in [1.807, 2.05) is 31.2 Å². The second-order valence-electron chi connectivity index (χ2n) is 5.97. The van der Waals surface area contributed by atoms with Crippen molar-refractivity contribution in [3.8, 4) is 11.4 Å². The first-order chi connectivity index (χ1) is 13.1. The summed E-state index contributed by atoms with van der Waals surface area (Å²) in [7, 11) is 1.34.